The van der Waals surface area contributed by atoms with Gasteiger partial charge in [-0.1, -0.05) is 54.2 Å². The summed E-state index contributed by atoms with van der Waals surface area (Å²) in [6.07, 6.45) is 0.279. The fourth-order valence-corrected chi connectivity index (χ4v) is 6.16. The predicted molar refractivity (Wildman–Crippen MR) is 153 cm³/mol. The normalized spacial score (nSPS) is 13.3. The van der Waals surface area contributed by atoms with E-state index in [1.54, 1.807) is 29.2 Å². The quantitative estimate of drug-likeness (QED) is 0.267. The highest BCUT2D eigenvalue weighted by Crippen LogP contribution is 2.31. The Bertz CT molecular complexity index is 1450. The van der Waals surface area contributed by atoms with Gasteiger partial charge in [-0.3, -0.25) is 9.36 Å². The maximum Gasteiger partial charge on any atom is 0.409 e. The number of benzene rings is 2. The molecule has 208 valence electrons. The van der Waals surface area contributed by atoms with Crippen molar-refractivity contribution in [3.63, 3.8) is 0 Å². The molecular weight excluding hydrogens is 548 g/mol. The van der Waals surface area contributed by atoms with E-state index >= 15 is 0 Å². The lowest BCUT2D eigenvalue weighted by molar-refractivity contribution is 0.0566. The van der Waals surface area contributed by atoms with Crippen molar-refractivity contribution < 1.29 is 19.1 Å². The summed E-state index contributed by atoms with van der Waals surface area (Å²) in [4.78, 5) is 33.0. The van der Waals surface area contributed by atoms with Crippen LogP contribution in [0.1, 0.15) is 33.8 Å². The molecule has 0 aliphatic carbocycles. The summed E-state index contributed by atoms with van der Waals surface area (Å²) in [7, 11) is 1.65. The van der Waals surface area contributed by atoms with Crippen molar-refractivity contribution in [3.05, 3.63) is 82.1 Å². The smallest absolute Gasteiger partial charge is 0.409 e. The molecule has 0 radical (unpaired) electrons. The van der Waals surface area contributed by atoms with Gasteiger partial charge in [0.2, 0.25) is 0 Å². The Hall–Kier alpha value is -3.90. The molecule has 1 fully saturated rings. The van der Waals surface area contributed by atoms with Crippen LogP contribution in [-0.2, 0) is 16.9 Å². The van der Waals surface area contributed by atoms with E-state index in [1.165, 1.54) is 23.1 Å². The molecule has 0 bridgehead atoms. The summed E-state index contributed by atoms with van der Waals surface area (Å²) in [5.74, 6) is 1.94. The van der Waals surface area contributed by atoms with Crippen LogP contribution in [0.25, 0.3) is 5.69 Å². The van der Waals surface area contributed by atoms with E-state index in [9.17, 15) is 9.59 Å². The number of hydrogen-bond donors (Lipinski definition) is 0. The first-order valence-corrected chi connectivity index (χ1v) is 14.8. The second-order valence-electron chi connectivity index (χ2n) is 8.96. The van der Waals surface area contributed by atoms with Gasteiger partial charge < -0.3 is 19.3 Å². The van der Waals surface area contributed by atoms with Gasteiger partial charge in [-0.15, -0.1) is 21.5 Å². The standard InChI is InChI=1S/C28H30N6O4S2/c1-3-38-28(36)33-15-13-32(14-16-33)26(35)21-18-39-25(29-21)19-40-27-31-30-24(17-20-9-5-4-6-10-20)34(27)22-11-7-8-12-23(22)37-2/h4-12,18H,3,13-17,19H2,1-2H3. The monoisotopic (exact) mass is 578 g/mol. The molecule has 10 nitrogen and oxygen atoms in total. The number of aromatic nitrogens is 4. The molecule has 12 heteroatoms. The summed E-state index contributed by atoms with van der Waals surface area (Å²) < 4.78 is 12.7. The second-order valence-corrected chi connectivity index (χ2v) is 10.8. The maximum atomic E-state index is 13.1. The lowest BCUT2D eigenvalue weighted by Gasteiger charge is -2.33. The number of carbonyl (C=O) groups excluding carboxylic acids is 2. The van der Waals surface area contributed by atoms with Gasteiger partial charge in [-0.2, -0.15) is 0 Å². The Morgan fingerprint density at radius 3 is 2.45 bits per heavy atom. The number of methoxy groups -OCH3 is 1. The summed E-state index contributed by atoms with van der Waals surface area (Å²) in [5.41, 5.74) is 2.41. The third-order valence-electron chi connectivity index (χ3n) is 6.42. The number of para-hydroxylation sites is 2. The molecular formula is C28H30N6O4S2. The van der Waals surface area contributed by atoms with E-state index in [4.69, 9.17) is 9.47 Å². The topological polar surface area (TPSA) is 103 Å². The van der Waals surface area contributed by atoms with Crippen molar-refractivity contribution in [1.29, 1.82) is 0 Å². The van der Waals surface area contributed by atoms with Crippen molar-refractivity contribution in [2.75, 3.05) is 39.9 Å². The molecule has 1 saturated heterocycles. The van der Waals surface area contributed by atoms with Crippen LogP contribution in [0.2, 0.25) is 0 Å². The Morgan fingerprint density at radius 1 is 0.975 bits per heavy atom. The van der Waals surface area contributed by atoms with Crippen molar-refractivity contribution in [1.82, 2.24) is 29.5 Å². The summed E-state index contributed by atoms with van der Waals surface area (Å²) >= 11 is 2.96. The van der Waals surface area contributed by atoms with Crippen LogP contribution in [0.15, 0.2) is 65.1 Å². The molecule has 4 aromatic rings. The number of thioether (sulfide) groups is 1. The molecule has 3 heterocycles. The highest BCUT2D eigenvalue weighted by Gasteiger charge is 2.27. The zero-order chi connectivity index (χ0) is 27.9. The van der Waals surface area contributed by atoms with Gasteiger partial charge in [0.15, 0.2) is 5.16 Å². The number of piperazine rings is 1. The molecule has 0 saturated carbocycles. The third kappa shape index (κ3) is 6.28. The first kappa shape index (κ1) is 27.7. The average Bonchev–Trinajstić information content (AvgIpc) is 3.63. The van der Waals surface area contributed by atoms with E-state index in [-0.39, 0.29) is 12.0 Å². The number of amides is 2. The van der Waals surface area contributed by atoms with Crippen molar-refractivity contribution in [2.24, 2.45) is 0 Å². The first-order valence-electron chi connectivity index (χ1n) is 13.0. The van der Waals surface area contributed by atoms with Crippen LogP contribution in [0.4, 0.5) is 4.79 Å². The third-order valence-corrected chi connectivity index (χ3v) is 8.39. The maximum absolute atomic E-state index is 13.1. The number of carbonyl (C=O) groups is 2. The van der Waals surface area contributed by atoms with Gasteiger partial charge in [-0.05, 0) is 24.6 Å². The van der Waals surface area contributed by atoms with Crippen molar-refractivity contribution in [2.45, 2.75) is 24.3 Å². The zero-order valence-corrected chi connectivity index (χ0v) is 24.0. The summed E-state index contributed by atoms with van der Waals surface area (Å²) in [6, 6.07) is 18.0. The lowest BCUT2D eigenvalue weighted by Crippen LogP contribution is -2.50. The minimum atomic E-state index is -0.338. The lowest BCUT2D eigenvalue weighted by atomic mass is 10.1. The minimum Gasteiger partial charge on any atom is -0.495 e. The second kappa shape index (κ2) is 13.0. The first-order chi connectivity index (χ1) is 19.6. The van der Waals surface area contributed by atoms with Gasteiger partial charge in [0, 0.05) is 38.0 Å². The highest BCUT2D eigenvalue weighted by atomic mass is 32.2. The van der Waals surface area contributed by atoms with E-state index < -0.39 is 0 Å². The van der Waals surface area contributed by atoms with Crippen LogP contribution < -0.4 is 4.74 Å². The number of nitrogens with zero attached hydrogens (tertiary/aromatic N) is 6. The molecule has 2 amide bonds. The average molecular weight is 579 g/mol. The number of rotatable bonds is 9. The SMILES string of the molecule is CCOC(=O)N1CCN(C(=O)c2csc(CSc3nnc(Cc4ccccc4)n3-c3ccccc3OC)n2)CC1. The molecule has 2 aromatic heterocycles. The molecule has 0 spiro atoms. The van der Waals surface area contributed by atoms with Gasteiger partial charge in [0.1, 0.15) is 22.3 Å². The van der Waals surface area contributed by atoms with E-state index in [2.05, 4.69) is 27.3 Å². The van der Waals surface area contributed by atoms with Gasteiger partial charge in [0.25, 0.3) is 5.91 Å². The Labute approximate surface area is 240 Å². The fourth-order valence-electron chi connectivity index (χ4n) is 4.41. The Morgan fingerprint density at radius 2 is 1.70 bits per heavy atom. The molecule has 40 heavy (non-hydrogen) atoms. The molecule has 1 aliphatic heterocycles. The molecule has 1 aliphatic rings. The van der Waals surface area contributed by atoms with E-state index in [0.717, 1.165) is 27.8 Å². The summed E-state index contributed by atoms with van der Waals surface area (Å²) in [5, 5.41) is 12.4. The van der Waals surface area contributed by atoms with Crippen LogP contribution in [0.5, 0.6) is 5.75 Å². The van der Waals surface area contributed by atoms with Crippen molar-refractivity contribution in [3.8, 4) is 11.4 Å². The van der Waals surface area contributed by atoms with Crippen LogP contribution >= 0.6 is 23.1 Å². The molecule has 5 rings (SSSR count). The van der Waals surface area contributed by atoms with Gasteiger partial charge >= 0.3 is 6.09 Å². The van der Waals surface area contributed by atoms with Gasteiger partial charge in [0.05, 0.1) is 25.2 Å². The molecule has 0 N–H and O–H groups in total. The largest absolute Gasteiger partial charge is 0.495 e. The van der Waals surface area contributed by atoms with Crippen LogP contribution in [0.3, 0.4) is 0 Å². The summed E-state index contributed by atoms with van der Waals surface area (Å²) in [6.45, 7) is 3.91. The molecule has 0 unspecified atom stereocenters. The number of ether oxygens (including phenoxy) is 2. The minimum absolute atomic E-state index is 0.127. The molecule has 0 atom stereocenters. The molecule has 2 aromatic carbocycles. The number of hydrogen-bond acceptors (Lipinski definition) is 9. The highest BCUT2D eigenvalue weighted by molar-refractivity contribution is 7.98. The number of thiazole rings is 1. The Kier molecular flexibility index (Phi) is 8.97. The fraction of sp³-hybridized carbons (Fsp3) is 0.321. The van der Waals surface area contributed by atoms with E-state index in [1.807, 2.05) is 47.0 Å². The Balaban J connectivity index is 1.29. The van der Waals surface area contributed by atoms with Crippen molar-refractivity contribution >= 4 is 35.1 Å². The van der Waals surface area contributed by atoms with Crippen LogP contribution in [0, 0.1) is 0 Å². The van der Waals surface area contributed by atoms with Crippen LogP contribution in [-0.4, -0.2) is 81.4 Å². The predicted octanol–water partition coefficient (Wildman–Crippen LogP) is 4.53. The van der Waals surface area contributed by atoms with E-state index in [0.29, 0.717) is 55.8 Å². The van der Waals surface area contributed by atoms with Gasteiger partial charge in [-0.25, -0.2) is 9.78 Å². The zero-order valence-electron chi connectivity index (χ0n) is 22.4.